The highest BCUT2D eigenvalue weighted by atomic mass is 16.5. The van der Waals surface area contributed by atoms with Gasteiger partial charge in [-0.1, -0.05) is 37.3 Å². The molecule has 0 bridgehead atoms. The highest BCUT2D eigenvalue weighted by molar-refractivity contribution is 5.95. The van der Waals surface area contributed by atoms with Gasteiger partial charge in [0.15, 0.2) is 0 Å². The van der Waals surface area contributed by atoms with Crippen LogP contribution in [0.5, 0.6) is 0 Å². The number of aliphatic hydroxyl groups excluding tert-OH is 1. The van der Waals surface area contributed by atoms with E-state index in [0.717, 1.165) is 17.7 Å². The highest BCUT2D eigenvalue weighted by Crippen LogP contribution is 2.24. The number of aromatic nitrogens is 2. The van der Waals surface area contributed by atoms with Crippen molar-refractivity contribution in [3.63, 3.8) is 0 Å². The fourth-order valence-corrected chi connectivity index (χ4v) is 3.18. The van der Waals surface area contributed by atoms with Crippen LogP contribution >= 0.6 is 0 Å². The second-order valence-electron chi connectivity index (χ2n) is 6.19. The van der Waals surface area contributed by atoms with E-state index in [2.05, 4.69) is 10.2 Å². The molecule has 128 valence electrons. The van der Waals surface area contributed by atoms with Gasteiger partial charge in [-0.05, 0) is 12.0 Å². The first-order valence-electron chi connectivity index (χ1n) is 8.28. The number of hydrogen-bond donors (Lipinski definition) is 2. The van der Waals surface area contributed by atoms with E-state index in [9.17, 15) is 9.90 Å². The third-order valence-electron chi connectivity index (χ3n) is 4.50. The molecular formula is C18H23N3O3. The Hall–Kier alpha value is -2.18. The van der Waals surface area contributed by atoms with Gasteiger partial charge in [0.25, 0.3) is 5.91 Å². The molecule has 0 saturated carbocycles. The molecule has 1 aromatic carbocycles. The average Bonchev–Trinajstić information content (AvgIpc) is 3.11. The third-order valence-corrected chi connectivity index (χ3v) is 4.50. The van der Waals surface area contributed by atoms with Crippen LogP contribution in [-0.4, -0.2) is 58.0 Å². The van der Waals surface area contributed by atoms with E-state index in [4.69, 9.17) is 4.74 Å². The molecule has 1 aromatic heterocycles. The molecule has 1 saturated heterocycles. The van der Waals surface area contributed by atoms with Crippen molar-refractivity contribution in [1.82, 2.24) is 15.1 Å². The number of carbonyl (C=O) groups excluding carboxylic acids is 1. The van der Waals surface area contributed by atoms with Crippen molar-refractivity contribution >= 4 is 5.91 Å². The van der Waals surface area contributed by atoms with Gasteiger partial charge in [-0.2, -0.15) is 5.10 Å². The Morgan fingerprint density at radius 2 is 2.21 bits per heavy atom. The van der Waals surface area contributed by atoms with Crippen LogP contribution in [0.3, 0.4) is 0 Å². The van der Waals surface area contributed by atoms with Crippen molar-refractivity contribution in [2.45, 2.75) is 25.4 Å². The standard InChI is InChI=1S/C18H23N3O3/c1-2-16-15(11-19-20-16)17(23)21-8-9-24-18(12-21,13-22)10-14-6-4-3-5-7-14/h3-7,11,22H,2,8-10,12-13H2,1H3,(H,19,20). The third kappa shape index (κ3) is 3.34. The van der Waals surface area contributed by atoms with Gasteiger partial charge in [0, 0.05) is 18.7 Å². The summed E-state index contributed by atoms with van der Waals surface area (Å²) in [6, 6.07) is 9.90. The Bertz CT molecular complexity index is 686. The van der Waals surface area contributed by atoms with Gasteiger partial charge in [-0.15, -0.1) is 0 Å². The van der Waals surface area contributed by atoms with E-state index in [1.807, 2.05) is 37.3 Å². The Morgan fingerprint density at radius 3 is 2.92 bits per heavy atom. The molecule has 6 nitrogen and oxygen atoms in total. The molecule has 6 heteroatoms. The lowest BCUT2D eigenvalue weighted by atomic mass is 9.93. The normalized spacial score (nSPS) is 21.0. The summed E-state index contributed by atoms with van der Waals surface area (Å²) in [5.74, 6) is -0.0604. The lowest BCUT2D eigenvalue weighted by Gasteiger charge is -2.42. The van der Waals surface area contributed by atoms with Crippen LogP contribution in [0.25, 0.3) is 0 Å². The van der Waals surface area contributed by atoms with E-state index in [1.54, 1.807) is 11.1 Å². The lowest BCUT2D eigenvalue weighted by molar-refractivity contribution is -0.123. The largest absolute Gasteiger partial charge is 0.393 e. The van der Waals surface area contributed by atoms with Crippen molar-refractivity contribution < 1.29 is 14.6 Å². The maximum atomic E-state index is 12.8. The summed E-state index contributed by atoms with van der Waals surface area (Å²) in [4.78, 5) is 14.6. The van der Waals surface area contributed by atoms with E-state index in [0.29, 0.717) is 31.7 Å². The van der Waals surface area contributed by atoms with Crippen LogP contribution in [0, 0.1) is 0 Å². The van der Waals surface area contributed by atoms with Crippen LogP contribution in [0.2, 0.25) is 0 Å². The van der Waals surface area contributed by atoms with Crippen molar-refractivity contribution in [1.29, 1.82) is 0 Å². The van der Waals surface area contributed by atoms with E-state index in [-0.39, 0.29) is 12.5 Å². The summed E-state index contributed by atoms with van der Waals surface area (Å²) >= 11 is 0. The lowest BCUT2D eigenvalue weighted by Crippen LogP contribution is -2.56. The number of H-pyrrole nitrogens is 1. The summed E-state index contributed by atoms with van der Waals surface area (Å²) < 4.78 is 5.91. The number of nitrogens with one attached hydrogen (secondary N) is 1. The number of amides is 1. The number of morpholine rings is 1. The number of aryl methyl sites for hydroxylation is 1. The number of benzene rings is 1. The molecule has 2 heterocycles. The minimum atomic E-state index is -0.759. The van der Waals surface area contributed by atoms with E-state index < -0.39 is 5.60 Å². The second kappa shape index (κ2) is 7.15. The predicted molar refractivity (Wildman–Crippen MR) is 89.8 cm³/mol. The first-order valence-corrected chi connectivity index (χ1v) is 8.28. The van der Waals surface area contributed by atoms with Crippen molar-refractivity contribution in [2.24, 2.45) is 0 Å². The fourth-order valence-electron chi connectivity index (χ4n) is 3.18. The molecule has 0 radical (unpaired) electrons. The molecular weight excluding hydrogens is 306 g/mol. The summed E-state index contributed by atoms with van der Waals surface area (Å²) in [7, 11) is 0. The summed E-state index contributed by atoms with van der Waals surface area (Å²) in [6.07, 6.45) is 2.87. The first kappa shape index (κ1) is 16.7. The fraction of sp³-hybridized carbons (Fsp3) is 0.444. The molecule has 2 N–H and O–H groups in total. The van der Waals surface area contributed by atoms with Gasteiger partial charge in [-0.3, -0.25) is 9.89 Å². The summed E-state index contributed by atoms with van der Waals surface area (Å²) in [5.41, 5.74) is 1.76. The van der Waals surface area contributed by atoms with Gasteiger partial charge >= 0.3 is 0 Å². The zero-order valence-corrected chi connectivity index (χ0v) is 13.9. The molecule has 1 amide bonds. The molecule has 0 spiro atoms. The quantitative estimate of drug-likeness (QED) is 0.869. The van der Waals surface area contributed by atoms with Crippen LogP contribution in [-0.2, 0) is 17.6 Å². The van der Waals surface area contributed by atoms with Crippen molar-refractivity contribution in [3.8, 4) is 0 Å². The van der Waals surface area contributed by atoms with Crippen LogP contribution in [0.4, 0.5) is 0 Å². The Morgan fingerprint density at radius 1 is 1.42 bits per heavy atom. The van der Waals surface area contributed by atoms with Gasteiger partial charge in [0.1, 0.15) is 5.60 Å². The van der Waals surface area contributed by atoms with Gasteiger partial charge in [0.2, 0.25) is 0 Å². The number of carbonyl (C=O) groups is 1. The van der Waals surface area contributed by atoms with E-state index in [1.165, 1.54) is 0 Å². The number of aliphatic hydroxyl groups is 1. The molecule has 1 aliphatic heterocycles. The smallest absolute Gasteiger partial charge is 0.257 e. The molecule has 1 fully saturated rings. The summed E-state index contributed by atoms with van der Waals surface area (Å²) in [5, 5.41) is 16.8. The maximum absolute atomic E-state index is 12.8. The Labute approximate surface area is 141 Å². The predicted octanol–water partition coefficient (Wildman–Crippen LogP) is 1.42. The second-order valence-corrected chi connectivity index (χ2v) is 6.19. The topological polar surface area (TPSA) is 78.5 Å². The van der Waals surface area contributed by atoms with Gasteiger partial charge in [0.05, 0.1) is 31.5 Å². The number of ether oxygens (including phenoxy) is 1. The first-order chi connectivity index (χ1) is 11.7. The summed E-state index contributed by atoms with van der Waals surface area (Å²) in [6.45, 7) is 3.16. The average molecular weight is 329 g/mol. The van der Waals surface area contributed by atoms with Gasteiger partial charge in [-0.25, -0.2) is 0 Å². The molecule has 0 aliphatic carbocycles. The maximum Gasteiger partial charge on any atom is 0.257 e. The molecule has 1 atom stereocenters. The van der Waals surface area contributed by atoms with Crippen LogP contribution in [0.1, 0.15) is 28.5 Å². The highest BCUT2D eigenvalue weighted by Gasteiger charge is 2.38. The van der Waals surface area contributed by atoms with Crippen molar-refractivity contribution in [3.05, 3.63) is 53.3 Å². The number of hydrogen-bond acceptors (Lipinski definition) is 4. The van der Waals surface area contributed by atoms with Crippen LogP contribution in [0.15, 0.2) is 36.5 Å². The molecule has 1 unspecified atom stereocenters. The molecule has 3 rings (SSSR count). The number of nitrogens with zero attached hydrogens (tertiary/aromatic N) is 2. The molecule has 2 aromatic rings. The zero-order chi connectivity index (χ0) is 17.0. The van der Waals surface area contributed by atoms with Crippen LogP contribution < -0.4 is 0 Å². The minimum Gasteiger partial charge on any atom is -0.393 e. The molecule has 24 heavy (non-hydrogen) atoms. The van der Waals surface area contributed by atoms with Gasteiger partial charge < -0.3 is 14.7 Å². The SMILES string of the molecule is CCc1[nH]ncc1C(=O)N1CCOC(CO)(Cc2ccccc2)C1. The minimum absolute atomic E-state index is 0.0604. The Balaban J connectivity index is 1.78. The number of aromatic amines is 1. The monoisotopic (exact) mass is 329 g/mol. The van der Waals surface area contributed by atoms with E-state index >= 15 is 0 Å². The number of rotatable bonds is 5. The molecule has 1 aliphatic rings. The zero-order valence-electron chi connectivity index (χ0n) is 13.9. The van der Waals surface area contributed by atoms with Crippen molar-refractivity contribution in [2.75, 3.05) is 26.3 Å². The Kier molecular flexibility index (Phi) is 4.97.